The number of pyridine rings is 1. The summed E-state index contributed by atoms with van der Waals surface area (Å²) in [5.41, 5.74) is 0.547. The van der Waals surface area contributed by atoms with Gasteiger partial charge in [0.15, 0.2) is 0 Å². The van der Waals surface area contributed by atoms with Gasteiger partial charge in [-0.05, 0) is 24.8 Å². The fourth-order valence-corrected chi connectivity index (χ4v) is 3.18. The number of nitrogens with zero attached hydrogens (tertiary/aromatic N) is 2. The number of methoxy groups -OCH3 is 1. The van der Waals surface area contributed by atoms with E-state index in [1.807, 2.05) is 4.90 Å². The molecule has 2 saturated heterocycles. The van der Waals surface area contributed by atoms with Crippen LogP contribution >= 0.6 is 0 Å². The van der Waals surface area contributed by atoms with Gasteiger partial charge in [-0.2, -0.15) is 0 Å². The Balaban J connectivity index is 1.73. The summed E-state index contributed by atoms with van der Waals surface area (Å²) in [5.74, 6) is 0.964. The Hall–Kier alpha value is -2.11. The van der Waals surface area contributed by atoms with Gasteiger partial charge in [-0.15, -0.1) is 0 Å². The van der Waals surface area contributed by atoms with Crippen molar-refractivity contribution in [1.29, 1.82) is 0 Å². The summed E-state index contributed by atoms with van der Waals surface area (Å²) in [6.45, 7) is 1.35. The van der Waals surface area contributed by atoms with Gasteiger partial charge < -0.3 is 15.0 Å². The van der Waals surface area contributed by atoms with Crippen molar-refractivity contribution < 1.29 is 14.3 Å². The number of carbonyl (C=O) groups excluding carboxylic acids is 2. The number of aromatic nitrogens is 1. The maximum atomic E-state index is 12.6. The van der Waals surface area contributed by atoms with Crippen molar-refractivity contribution in [3.63, 3.8) is 0 Å². The van der Waals surface area contributed by atoms with Crippen LogP contribution in [-0.2, 0) is 4.79 Å². The number of hydrogen-bond donors (Lipinski definition) is 1. The molecule has 0 aromatic carbocycles. The summed E-state index contributed by atoms with van der Waals surface area (Å²) in [5, 5.41) is 3.03. The Bertz CT molecular complexity index is 561. The molecule has 6 heteroatoms. The van der Waals surface area contributed by atoms with Crippen molar-refractivity contribution in [2.24, 2.45) is 5.92 Å². The Kier molecular flexibility index (Phi) is 3.77. The Morgan fingerprint density at radius 3 is 3.14 bits per heavy atom. The van der Waals surface area contributed by atoms with E-state index in [-0.39, 0.29) is 17.9 Å². The molecule has 2 atom stereocenters. The van der Waals surface area contributed by atoms with Gasteiger partial charge in [-0.25, -0.2) is 0 Å². The van der Waals surface area contributed by atoms with Crippen LogP contribution in [0.5, 0.6) is 5.75 Å². The number of piperidine rings is 2. The van der Waals surface area contributed by atoms with Crippen LogP contribution in [0.15, 0.2) is 18.5 Å². The molecule has 0 bridgehead atoms. The lowest BCUT2D eigenvalue weighted by atomic mass is 9.85. The minimum Gasteiger partial charge on any atom is -0.494 e. The van der Waals surface area contributed by atoms with E-state index in [2.05, 4.69) is 10.3 Å². The minimum absolute atomic E-state index is 0.0235. The van der Waals surface area contributed by atoms with Crippen LogP contribution in [0, 0.1) is 5.92 Å². The highest BCUT2D eigenvalue weighted by Gasteiger charge is 2.35. The third-order valence-corrected chi connectivity index (χ3v) is 4.34. The van der Waals surface area contributed by atoms with E-state index in [9.17, 15) is 9.59 Å². The predicted molar refractivity (Wildman–Crippen MR) is 76.0 cm³/mol. The quantitative estimate of drug-likeness (QED) is 0.875. The Morgan fingerprint density at radius 2 is 2.33 bits per heavy atom. The lowest BCUT2D eigenvalue weighted by Crippen LogP contribution is -2.55. The van der Waals surface area contributed by atoms with Gasteiger partial charge in [0.25, 0.3) is 5.91 Å². The Labute approximate surface area is 123 Å². The highest BCUT2D eigenvalue weighted by Crippen LogP contribution is 2.27. The zero-order chi connectivity index (χ0) is 14.8. The molecule has 1 aromatic heterocycles. The van der Waals surface area contributed by atoms with Crippen LogP contribution in [0.2, 0.25) is 0 Å². The first-order valence-electron chi connectivity index (χ1n) is 7.25. The van der Waals surface area contributed by atoms with Gasteiger partial charge in [-0.3, -0.25) is 14.6 Å². The summed E-state index contributed by atoms with van der Waals surface area (Å²) in [4.78, 5) is 29.9. The van der Waals surface area contributed by atoms with Gasteiger partial charge in [0, 0.05) is 31.7 Å². The number of ether oxygens (including phenoxy) is 1. The molecule has 0 aliphatic carbocycles. The average Bonchev–Trinajstić information content (AvgIpc) is 2.53. The molecule has 0 radical (unpaired) electrons. The second-order valence-corrected chi connectivity index (χ2v) is 5.59. The summed E-state index contributed by atoms with van der Waals surface area (Å²) in [6.07, 6.45) is 5.38. The molecule has 2 aliphatic heterocycles. The third kappa shape index (κ3) is 2.70. The van der Waals surface area contributed by atoms with E-state index < -0.39 is 0 Å². The average molecular weight is 289 g/mol. The van der Waals surface area contributed by atoms with Gasteiger partial charge in [0.2, 0.25) is 5.91 Å². The van der Waals surface area contributed by atoms with Crippen LogP contribution in [0.1, 0.15) is 29.6 Å². The largest absolute Gasteiger partial charge is 0.494 e. The number of likely N-dealkylation sites (tertiary alicyclic amines) is 1. The van der Waals surface area contributed by atoms with Crippen LogP contribution < -0.4 is 10.1 Å². The molecular formula is C15H19N3O3. The molecule has 0 saturated carbocycles. The minimum atomic E-state index is -0.0235. The number of nitrogens with one attached hydrogen (secondary N) is 1. The van der Waals surface area contributed by atoms with Crippen molar-refractivity contribution >= 4 is 11.8 Å². The molecule has 0 spiro atoms. The maximum absolute atomic E-state index is 12.6. The van der Waals surface area contributed by atoms with E-state index >= 15 is 0 Å². The van der Waals surface area contributed by atoms with Gasteiger partial charge in [0.1, 0.15) is 5.75 Å². The summed E-state index contributed by atoms with van der Waals surface area (Å²) >= 11 is 0. The van der Waals surface area contributed by atoms with Crippen molar-refractivity contribution in [1.82, 2.24) is 15.2 Å². The molecule has 2 unspecified atom stereocenters. The molecule has 3 heterocycles. The lowest BCUT2D eigenvalue weighted by molar-refractivity contribution is -0.125. The lowest BCUT2D eigenvalue weighted by Gasteiger charge is -2.41. The predicted octanol–water partition coefficient (Wildman–Crippen LogP) is 0.831. The van der Waals surface area contributed by atoms with Crippen LogP contribution in [0.3, 0.4) is 0 Å². The first-order valence-corrected chi connectivity index (χ1v) is 7.25. The molecule has 2 fully saturated rings. The summed E-state index contributed by atoms with van der Waals surface area (Å²) in [7, 11) is 1.54. The number of carbonyl (C=O) groups is 2. The second-order valence-electron chi connectivity index (χ2n) is 5.59. The van der Waals surface area contributed by atoms with Crippen molar-refractivity contribution in [2.45, 2.75) is 25.3 Å². The number of fused-ring (bicyclic) bond motifs is 1. The van der Waals surface area contributed by atoms with E-state index in [0.29, 0.717) is 36.7 Å². The van der Waals surface area contributed by atoms with E-state index in [0.717, 1.165) is 12.8 Å². The number of amides is 2. The number of rotatable bonds is 2. The Morgan fingerprint density at radius 1 is 1.48 bits per heavy atom. The van der Waals surface area contributed by atoms with Crippen LogP contribution in [-0.4, -0.2) is 47.9 Å². The topological polar surface area (TPSA) is 71.5 Å². The molecule has 112 valence electrons. The van der Waals surface area contributed by atoms with E-state index in [4.69, 9.17) is 4.74 Å². The standard InChI is InChI=1S/C15H19N3O3/c1-21-13-8-16-6-4-11(13)15(20)18-7-5-12-10(9-18)2-3-14(19)17-12/h4,6,8,10,12H,2-3,5,7,9H2,1H3,(H,17,19). The zero-order valence-electron chi connectivity index (χ0n) is 12.0. The highest BCUT2D eigenvalue weighted by molar-refractivity contribution is 5.96. The van der Waals surface area contributed by atoms with Crippen LogP contribution in [0.25, 0.3) is 0 Å². The van der Waals surface area contributed by atoms with E-state index in [1.54, 1.807) is 18.5 Å². The first kappa shape index (κ1) is 13.9. The first-order chi connectivity index (χ1) is 10.2. The molecule has 6 nitrogen and oxygen atoms in total. The van der Waals surface area contributed by atoms with Crippen molar-refractivity contribution in [2.75, 3.05) is 20.2 Å². The van der Waals surface area contributed by atoms with Crippen molar-refractivity contribution in [3.8, 4) is 5.75 Å². The zero-order valence-corrected chi connectivity index (χ0v) is 12.0. The second kappa shape index (κ2) is 5.71. The summed E-state index contributed by atoms with van der Waals surface area (Å²) in [6, 6.07) is 1.91. The monoisotopic (exact) mass is 289 g/mol. The highest BCUT2D eigenvalue weighted by atomic mass is 16.5. The molecular weight excluding hydrogens is 270 g/mol. The smallest absolute Gasteiger partial charge is 0.257 e. The molecule has 21 heavy (non-hydrogen) atoms. The maximum Gasteiger partial charge on any atom is 0.257 e. The molecule has 2 amide bonds. The molecule has 2 aliphatic rings. The normalized spacial score (nSPS) is 25.0. The van der Waals surface area contributed by atoms with Gasteiger partial charge >= 0.3 is 0 Å². The van der Waals surface area contributed by atoms with Gasteiger partial charge in [-0.1, -0.05) is 0 Å². The summed E-state index contributed by atoms with van der Waals surface area (Å²) < 4.78 is 5.21. The third-order valence-electron chi connectivity index (χ3n) is 4.34. The number of hydrogen-bond acceptors (Lipinski definition) is 4. The molecule has 1 N–H and O–H groups in total. The van der Waals surface area contributed by atoms with E-state index in [1.165, 1.54) is 7.11 Å². The fourth-order valence-electron chi connectivity index (χ4n) is 3.18. The molecule has 1 aromatic rings. The van der Waals surface area contributed by atoms with Gasteiger partial charge in [0.05, 0.1) is 18.9 Å². The fraction of sp³-hybridized carbons (Fsp3) is 0.533. The van der Waals surface area contributed by atoms with Crippen molar-refractivity contribution in [3.05, 3.63) is 24.0 Å². The SMILES string of the molecule is COc1cnccc1C(=O)N1CCC2NC(=O)CCC2C1. The molecule has 3 rings (SSSR count). The van der Waals surface area contributed by atoms with Crippen LogP contribution in [0.4, 0.5) is 0 Å².